The summed E-state index contributed by atoms with van der Waals surface area (Å²) in [6.45, 7) is 3.37. The van der Waals surface area contributed by atoms with Crippen LogP contribution in [0.1, 0.15) is 31.2 Å². The van der Waals surface area contributed by atoms with Gasteiger partial charge >= 0.3 is 0 Å². The molecule has 3 heteroatoms. The highest BCUT2D eigenvalue weighted by molar-refractivity contribution is 5.26. The summed E-state index contributed by atoms with van der Waals surface area (Å²) in [7, 11) is 3.91. The van der Waals surface area contributed by atoms with Gasteiger partial charge in [0.25, 0.3) is 0 Å². The summed E-state index contributed by atoms with van der Waals surface area (Å²) in [6.07, 6.45) is 5.33. The maximum atomic E-state index is 5.18. The van der Waals surface area contributed by atoms with Crippen LogP contribution in [0.5, 0.6) is 5.75 Å². The molecule has 0 amide bonds. The molecule has 1 N–H and O–H groups in total. The third kappa shape index (κ3) is 4.84. The second-order valence-electron chi connectivity index (χ2n) is 5.52. The first kappa shape index (κ1) is 14.4. The zero-order chi connectivity index (χ0) is 13.5. The highest BCUT2D eigenvalue weighted by Gasteiger charge is 2.12. The number of piperidine rings is 1. The van der Waals surface area contributed by atoms with Gasteiger partial charge in [-0.25, -0.2) is 0 Å². The summed E-state index contributed by atoms with van der Waals surface area (Å²) < 4.78 is 5.18. The normalized spacial score (nSPS) is 19.6. The molecule has 1 heterocycles. The summed E-state index contributed by atoms with van der Waals surface area (Å²) in [6, 6.07) is 9.09. The molecule has 1 aromatic rings. The molecule has 1 aliphatic rings. The smallest absolute Gasteiger partial charge is 0.118 e. The zero-order valence-corrected chi connectivity index (χ0v) is 12.2. The Balaban J connectivity index is 1.71. The van der Waals surface area contributed by atoms with Crippen LogP contribution in [-0.2, 0) is 6.54 Å². The molecular formula is C16H26N2O. The molecule has 2 rings (SSSR count). The number of benzene rings is 1. The standard InChI is InChI=1S/C16H26N2O/c1-18(12-10-15-5-3-4-11-17-15)13-14-6-8-16(19-2)9-7-14/h6-9,15,17H,3-5,10-13H2,1-2H3. The summed E-state index contributed by atoms with van der Waals surface area (Å²) in [5.41, 5.74) is 1.35. The van der Waals surface area contributed by atoms with Crippen LogP contribution in [0.4, 0.5) is 0 Å². The number of methoxy groups -OCH3 is 1. The number of hydrogen-bond donors (Lipinski definition) is 1. The van der Waals surface area contributed by atoms with Crippen molar-refractivity contribution in [1.82, 2.24) is 10.2 Å². The molecule has 0 aliphatic carbocycles. The van der Waals surface area contributed by atoms with Crippen LogP contribution in [0.3, 0.4) is 0 Å². The van der Waals surface area contributed by atoms with E-state index >= 15 is 0 Å². The van der Waals surface area contributed by atoms with E-state index in [1.54, 1.807) is 7.11 Å². The predicted molar refractivity (Wildman–Crippen MR) is 79.6 cm³/mol. The van der Waals surface area contributed by atoms with E-state index in [0.717, 1.165) is 24.9 Å². The number of nitrogens with zero attached hydrogens (tertiary/aromatic N) is 1. The van der Waals surface area contributed by atoms with Crippen molar-refractivity contribution in [1.29, 1.82) is 0 Å². The monoisotopic (exact) mass is 262 g/mol. The molecule has 0 saturated carbocycles. The van der Waals surface area contributed by atoms with Crippen LogP contribution in [0, 0.1) is 0 Å². The van der Waals surface area contributed by atoms with E-state index in [9.17, 15) is 0 Å². The Morgan fingerprint density at radius 1 is 1.26 bits per heavy atom. The number of nitrogens with one attached hydrogen (secondary N) is 1. The molecule has 0 spiro atoms. The second kappa shape index (κ2) is 7.51. The van der Waals surface area contributed by atoms with Gasteiger partial charge in [0.2, 0.25) is 0 Å². The summed E-state index contributed by atoms with van der Waals surface area (Å²) >= 11 is 0. The van der Waals surface area contributed by atoms with Gasteiger partial charge in [-0.05, 0) is 57.1 Å². The number of ether oxygens (including phenoxy) is 1. The first-order chi connectivity index (χ1) is 9.28. The van der Waals surface area contributed by atoms with Crippen LogP contribution in [0.15, 0.2) is 24.3 Å². The van der Waals surface area contributed by atoms with Crippen LogP contribution in [0.25, 0.3) is 0 Å². The topological polar surface area (TPSA) is 24.5 Å². The third-order valence-corrected chi connectivity index (χ3v) is 3.88. The average molecular weight is 262 g/mol. The van der Waals surface area contributed by atoms with Crippen molar-refractivity contribution < 1.29 is 4.74 Å². The van der Waals surface area contributed by atoms with Crippen LogP contribution >= 0.6 is 0 Å². The van der Waals surface area contributed by atoms with Gasteiger partial charge in [0, 0.05) is 12.6 Å². The molecule has 1 saturated heterocycles. The summed E-state index contributed by atoms with van der Waals surface area (Å²) in [5.74, 6) is 0.929. The van der Waals surface area contributed by atoms with Gasteiger partial charge in [-0.15, -0.1) is 0 Å². The molecule has 1 atom stereocenters. The van der Waals surface area contributed by atoms with Gasteiger partial charge < -0.3 is 15.0 Å². The van der Waals surface area contributed by atoms with Gasteiger partial charge in [-0.2, -0.15) is 0 Å². The van der Waals surface area contributed by atoms with Crippen LogP contribution in [0.2, 0.25) is 0 Å². The fourth-order valence-electron chi connectivity index (χ4n) is 2.67. The molecule has 1 aliphatic heterocycles. The molecule has 3 nitrogen and oxygen atoms in total. The van der Waals surface area contributed by atoms with Gasteiger partial charge in [0.1, 0.15) is 5.75 Å². The highest BCUT2D eigenvalue weighted by Crippen LogP contribution is 2.14. The quantitative estimate of drug-likeness (QED) is 0.853. The fourth-order valence-corrected chi connectivity index (χ4v) is 2.67. The van der Waals surface area contributed by atoms with Crippen molar-refractivity contribution >= 4 is 0 Å². The lowest BCUT2D eigenvalue weighted by molar-refractivity contribution is 0.282. The maximum absolute atomic E-state index is 5.18. The Kier molecular flexibility index (Phi) is 5.67. The van der Waals surface area contributed by atoms with Gasteiger partial charge in [0.05, 0.1) is 7.11 Å². The number of rotatable bonds is 6. The molecule has 0 radical (unpaired) electrons. The minimum absolute atomic E-state index is 0.729. The fraction of sp³-hybridized carbons (Fsp3) is 0.625. The largest absolute Gasteiger partial charge is 0.497 e. The first-order valence-corrected chi connectivity index (χ1v) is 7.33. The van der Waals surface area contributed by atoms with Gasteiger partial charge in [-0.3, -0.25) is 0 Å². The number of hydrogen-bond acceptors (Lipinski definition) is 3. The highest BCUT2D eigenvalue weighted by atomic mass is 16.5. The Morgan fingerprint density at radius 2 is 2.05 bits per heavy atom. The van der Waals surface area contributed by atoms with E-state index in [4.69, 9.17) is 4.74 Å². The van der Waals surface area contributed by atoms with E-state index < -0.39 is 0 Å². The lowest BCUT2D eigenvalue weighted by Gasteiger charge is -2.26. The molecule has 0 bridgehead atoms. The van der Waals surface area contributed by atoms with E-state index in [0.29, 0.717) is 0 Å². The lowest BCUT2D eigenvalue weighted by atomic mass is 10.0. The van der Waals surface area contributed by atoms with Crippen molar-refractivity contribution in [2.75, 3.05) is 27.2 Å². The molecule has 106 valence electrons. The van der Waals surface area contributed by atoms with Gasteiger partial charge in [-0.1, -0.05) is 18.6 Å². The SMILES string of the molecule is COc1ccc(CN(C)CCC2CCCCN2)cc1. The van der Waals surface area contributed by atoms with Gasteiger partial charge in [0.15, 0.2) is 0 Å². The Morgan fingerprint density at radius 3 is 2.68 bits per heavy atom. The van der Waals surface area contributed by atoms with Crippen molar-refractivity contribution in [2.24, 2.45) is 0 Å². The van der Waals surface area contributed by atoms with Crippen LogP contribution in [-0.4, -0.2) is 38.2 Å². The second-order valence-corrected chi connectivity index (χ2v) is 5.52. The molecular weight excluding hydrogens is 236 g/mol. The van der Waals surface area contributed by atoms with Crippen molar-refractivity contribution in [3.63, 3.8) is 0 Å². The van der Waals surface area contributed by atoms with E-state index in [1.807, 2.05) is 12.1 Å². The molecule has 0 aromatic heterocycles. The van der Waals surface area contributed by atoms with E-state index in [1.165, 1.54) is 37.8 Å². The molecule has 1 aromatic carbocycles. The summed E-state index contributed by atoms with van der Waals surface area (Å²) in [5, 5.41) is 3.61. The Labute approximate surface area is 116 Å². The van der Waals surface area contributed by atoms with Crippen LogP contribution < -0.4 is 10.1 Å². The molecule has 1 unspecified atom stereocenters. The Bertz CT molecular complexity index is 358. The average Bonchev–Trinajstić information content (AvgIpc) is 2.47. The van der Waals surface area contributed by atoms with E-state index in [2.05, 4.69) is 29.4 Å². The molecule has 1 fully saturated rings. The third-order valence-electron chi connectivity index (χ3n) is 3.88. The van der Waals surface area contributed by atoms with Crippen molar-refractivity contribution in [2.45, 2.75) is 38.3 Å². The van der Waals surface area contributed by atoms with Crippen molar-refractivity contribution in [3.05, 3.63) is 29.8 Å². The first-order valence-electron chi connectivity index (χ1n) is 7.33. The maximum Gasteiger partial charge on any atom is 0.118 e. The Hall–Kier alpha value is -1.06. The summed E-state index contributed by atoms with van der Waals surface area (Å²) in [4.78, 5) is 2.40. The zero-order valence-electron chi connectivity index (χ0n) is 12.2. The van der Waals surface area contributed by atoms with Crippen molar-refractivity contribution in [3.8, 4) is 5.75 Å². The predicted octanol–water partition coefficient (Wildman–Crippen LogP) is 2.66. The molecule has 19 heavy (non-hydrogen) atoms. The minimum Gasteiger partial charge on any atom is -0.497 e. The van der Waals surface area contributed by atoms with E-state index in [-0.39, 0.29) is 0 Å². The lowest BCUT2D eigenvalue weighted by Crippen LogP contribution is -2.36. The minimum atomic E-state index is 0.729.